The van der Waals surface area contributed by atoms with Crippen molar-refractivity contribution in [2.45, 2.75) is 13.0 Å². The van der Waals surface area contributed by atoms with Crippen molar-refractivity contribution in [3.8, 4) is 0 Å². The van der Waals surface area contributed by atoms with Crippen LogP contribution in [0.5, 0.6) is 0 Å². The van der Waals surface area contributed by atoms with Gasteiger partial charge >= 0.3 is 5.97 Å². The van der Waals surface area contributed by atoms with Crippen molar-refractivity contribution in [3.63, 3.8) is 0 Å². The fraction of sp³-hybridized carbons (Fsp3) is 0.250. The lowest BCUT2D eigenvalue weighted by molar-refractivity contribution is -0.134. The van der Waals surface area contributed by atoms with Gasteiger partial charge in [-0.25, -0.2) is 4.79 Å². The molecule has 0 bridgehead atoms. The highest BCUT2D eigenvalue weighted by atomic mass is 35.5. The molecule has 0 fully saturated rings. The van der Waals surface area contributed by atoms with Gasteiger partial charge in [0.2, 0.25) is 0 Å². The normalized spacial score (nSPS) is 20.5. The molecule has 1 aliphatic heterocycles. The fourth-order valence-electron chi connectivity index (χ4n) is 2.01. The van der Waals surface area contributed by atoms with E-state index < -0.39 is 12.0 Å². The number of allylic oxidation sites excluding steroid dienone is 1. The van der Waals surface area contributed by atoms with Crippen molar-refractivity contribution in [2.24, 2.45) is 0 Å². The lowest BCUT2D eigenvalue weighted by Crippen LogP contribution is -2.22. The highest BCUT2D eigenvalue weighted by Crippen LogP contribution is 2.39. The van der Waals surface area contributed by atoms with E-state index in [0.29, 0.717) is 10.8 Å². The highest BCUT2D eigenvalue weighted by Gasteiger charge is 2.37. The Labute approximate surface area is 104 Å². The minimum atomic E-state index is -0.989. The van der Waals surface area contributed by atoms with Crippen LogP contribution in [0.1, 0.15) is 18.5 Å². The molecule has 0 aromatic heterocycles. The molecule has 1 aromatic carbocycles. The third-order valence-electron chi connectivity index (χ3n) is 2.73. The fourth-order valence-corrected chi connectivity index (χ4v) is 2.25. The number of benzene rings is 1. The monoisotopic (exact) mass is 253 g/mol. The van der Waals surface area contributed by atoms with Gasteiger partial charge < -0.3 is 9.94 Å². The SMILES string of the molecule is CC1=C(C(=O)O)C(c2ccccc2Cl)N(C)O1. The number of likely N-dealkylation sites (N-methyl/N-ethyl adjacent to an activating group) is 1. The molecule has 5 heteroatoms. The molecule has 0 saturated carbocycles. The first kappa shape index (κ1) is 12.0. The van der Waals surface area contributed by atoms with Crippen LogP contribution in [-0.4, -0.2) is 23.2 Å². The molecule has 1 N–H and O–H groups in total. The van der Waals surface area contributed by atoms with Crippen molar-refractivity contribution in [3.05, 3.63) is 46.2 Å². The summed E-state index contributed by atoms with van der Waals surface area (Å²) >= 11 is 6.09. The van der Waals surface area contributed by atoms with Crippen LogP contribution in [0.25, 0.3) is 0 Å². The Balaban J connectivity index is 2.51. The maximum atomic E-state index is 11.2. The van der Waals surface area contributed by atoms with E-state index in [1.165, 1.54) is 5.06 Å². The van der Waals surface area contributed by atoms with E-state index in [4.69, 9.17) is 16.4 Å². The number of aliphatic carboxylic acids is 1. The van der Waals surface area contributed by atoms with Crippen LogP contribution in [-0.2, 0) is 9.63 Å². The van der Waals surface area contributed by atoms with Crippen molar-refractivity contribution >= 4 is 17.6 Å². The molecule has 0 spiro atoms. The van der Waals surface area contributed by atoms with Gasteiger partial charge in [-0.05, 0) is 18.6 Å². The van der Waals surface area contributed by atoms with Crippen molar-refractivity contribution < 1.29 is 14.7 Å². The number of halogens is 1. The molecule has 1 heterocycles. The van der Waals surface area contributed by atoms with E-state index in [1.54, 1.807) is 32.2 Å². The van der Waals surface area contributed by atoms with Crippen LogP contribution in [0.2, 0.25) is 5.02 Å². The molecule has 90 valence electrons. The average Bonchev–Trinajstić information content (AvgIpc) is 2.54. The predicted octanol–water partition coefficient (Wildman–Crippen LogP) is 2.62. The van der Waals surface area contributed by atoms with Crippen LogP contribution < -0.4 is 0 Å². The first-order valence-electron chi connectivity index (χ1n) is 5.11. The molecule has 1 unspecified atom stereocenters. The third kappa shape index (κ3) is 2.01. The first-order valence-corrected chi connectivity index (χ1v) is 5.49. The van der Waals surface area contributed by atoms with Gasteiger partial charge in [0.05, 0.1) is 0 Å². The summed E-state index contributed by atoms with van der Waals surface area (Å²) < 4.78 is 0. The number of hydroxylamine groups is 2. The standard InChI is InChI=1S/C12H12ClNO3/c1-7-10(12(15)16)11(14(2)17-7)8-5-3-4-6-9(8)13/h3-6,11H,1-2H3,(H,15,16). The molecule has 17 heavy (non-hydrogen) atoms. The third-order valence-corrected chi connectivity index (χ3v) is 3.07. The second-order valence-electron chi connectivity index (χ2n) is 3.84. The summed E-state index contributed by atoms with van der Waals surface area (Å²) in [4.78, 5) is 16.6. The quantitative estimate of drug-likeness (QED) is 0.880. The van der Waals surface area contributed by atoms with Gasteiger partial charge in [-0.1, -0.05) is 29.8 Å². The predicted molar refractivity (Wildman–Crippen MR) is 63.4 cm³/mol. The molecule has 1 atom stereocenters. The summed E-state index contributed by atoms with van der Waals surface area (Å²) in [6, 6.07) is 6.69. The Morgan fingerprint density at radius 1 is 1.47 bits per heavy atom. The number of carboxylic acid groups (broad SMARTS) is 1. The summed E-state index contributed by atoms with van der Waals surface area (Å²) in [5.41, 5.74) is 0.950. The number of carbonyl (C=O) groups is 1. The highest BCUT2D eigenvalue weighted by molar-refractivity contribution is 6.31. The summed E-state index contributed by atoms with van der Waals surface area (Å²) in [5, 5.41) is 11.2. The van der Waals surface area contributed by atoms with Crippen molar-refractivity contribution in [1.82, 2.24) is 5.06 Å². The van der Waals surface area contributed by atoms with E-state index in [-0.39, 0.29) is 5.57 Å². The van der Waals surface area contributed by atoms with Crippen LogP contribution in [0, 0.1) is 0 Å². The lowest BCUT2D eigenvalue weighted by atomic mass is 9.98. The zero-order valence-electron chi connectivity index (χ0n) is 9.48. The summed E-state index contributed by atoms with van der Waals surface area (Å²) in [6.45, 7) is 1.64. The molecular weight excluding hydrogens is 242 g/mol. The van der Waals surface area contributed by atoms with Gasteiger partial charge in [0, 0.05) is 12.1 Å². The van der Waals surface area contributed by atoms with Gasteiger partial charge in [0.1, 0.15) is 17.4 Å². The second-order valence-corrected chi connectivity index (χ2v) is 4.24. The molecular formula is C12H12ClNO3. The zero-order chi connectivity index (χ0) is 12.6. The molecule has 0 aliphatic carbocycles. The molecule has 0 amide bonds. The van der Waals surface area contributed by atoms with E-state index >= 15 is 0 Å². The Morgan fingerprint density at radius 2 is 2.12 bits per heavy atom. The van der Waals surface area contributed by atoms with Crippen LogP contribution >= 0.6 is 11.6 Å². The minimum absolute atomic E-state index is 0.223. The minimum Gasteiger partial charge on any atom is -0.478 e. The Morgan fingerprint density at radius 3 is 2.71 bits per heavy atom. The smallest absolute Gasteiger partial charge is 0.337 e. The van der Waals surface area contributed by atoms with E-state index in [2.05, 4.69) is 0 Å². The molecule has 2 rings (SSSR count). The maximum Gasteiger partial charge on any atom is 0.337 e. The number of rotatable bonds is 2. The maximum absolute atomic E-state index is 11.2. The van der Waals surface area contributed by atoms with E-state index in [0.717, 1.165) is 5.56 Å². The Hall–Kier alpha value is -1.52. The van der Waals surface area contributed by atoms with Gasteiger partial charge in [0.15, 0.2) is 0 Å². The molecule has 4 nitrogen and oxygen atoms in total. The van der Waals surface area contributed by atoms with Crippen molar-refractivity contribution in [2.75, 3.05) is 7.05 Å². The van der Waals surface area contributed by atoms with Crippen LogP contribution in [0.4, 0.5) is 0 Å². The van der Waals surface area contributed by atoms with Crippen molar-refractivity contribution in [1.29, 1.82) is 0 Å². The molecule has 0 radical (unpaired) electrons. The van der Waals surface area contributed by atoms with E-state index in [1.807, 2.05) is 6.07 Å². The molecule has 1 aromatic rings. The van der Waals surface area contributed by atoms with Crippen LogP contribution in [0.3, 0.4) is 0 Å². The Kier molecular flexibility index (Phi) is 3.09. The van der Waals surface area contributed by atoms with E-state index in [9.17, 15) is 9.90 Å². The Bertz CT molecular complexity index is 498. The lowest BCUT2D eigenvalue weighted by Gasteiger charge is -2.20. The van der Waals surface area contributed by atoms with Gasteiger partial charge in [-0.2, -0.15) is 0 Å². The second kappa shape index (κ2) is 4.39. The first-order chi connectivity index (χ1) is 8.02. The largest absolute Gasteiger partial charge is 0.478 e. The number of hydrogen-bond acceptors (Lipinski definition) is 3. The van der Waals surface area contributed by atoms with Gasteiger partial charge in [-0.3, -0.25) is 0 Å². The molecule has 0 saturated heterocycles. The zero-order valence-corrected chi connectivity index (χ0v) is 10.2. The average molecular weight is 254 g/mol. The summed E-state index contributed by atoms with van der Waals surface area (Å²) in [6.07, 6.45) is 0. The van der Waals surface area contributed by atoms with Gasteiger partial charge in [-0.15, -0.1) is 5.06 Å². The summed E-state index contributed by atoms with van der Waals surface area (Å²) in [7, 11) is 1.69. The van der Waals surface area contributed by atoms with Crippen LogP contribution in [0.15, 0.2) is 35.6 Å². The summed E-state index contributed by atoms with van der Waals surface area (Å²) in [5.74, 6) is -0.596. The van der Waals surface area contributed by atoms with Gasteiger partial charge in [0.25, 0.3) is 0 Å². The number of carboxylic acids is 1. The molecule has 1 aliphatic rings. The topological polar surface area (TPSA) is 49.8 Å². The number of hydrogen-bond donors (Lipinski definition) is 1. The number of nitrogens with zero attached hydrogens (tertiary/aromatic N) is 1.